The average Bonchev–Trinajstić information content (AvgIpc) is 1.76. The lowest BCUT2D eigenvalue weighted by Crippen LogP contribution is -2.30. The Morgan fingerprint density at radius 2 is 0.471 bits per heavy atom. The standard InChI is InChI=1S/C83H162O17P2/c1-9-75(7)61-53-45-37-31-33-40-48-56-64-81(86)94-70-79(100-83(88)66-58-50-42-34-32-38-46-54-62-76(8)10-2)72-98-102(91,92)96-68-77(84)67-95-101(89,90)97-71-78(69-93-80(85)63-55-47-39-29-25-21-18-17-20-24-28-36-44-52-60-74(5)6)99-82(87)65-57-49-41-30-26-22-16-14-12-11-13-15-19-23-27-35-43-51-59-73(3)4/h73-79,84H,9-72H2,1-8H3,(H,89,90)(H,91,92)/t75?,76?,77-,78-,79-/m1/s1. The Bertz CT molecular complexity index is 1990. The van der Waals surface area contributed by atoms with Crippen molar-refractivity contribution in [3.05, 3.63) is 0 Å². The van der Waals surface area contributed by atoms with E-state index in [0.29, 0.717) is 25.7 Å². The number of phosphoric acid groups is 2. The van der Waals surface area contributed by atoms with Gasteiger partial charge < -0.3 is 33.8 Å². The fourth-order valence-electron chi connectivity index (χ4n) is 12.7. The zero-order valence-corrected chi connectivity index (χ0v) is 69.0. The number of hydrogen-bond donors (Lipinski definition) is 3. The first kappa shape index (κ1) is 100. The van der Waals surface area contributed by atoms with Crippen molar-refractivity contribution in [2.24, 2.45) is 23.7 Å². The van der Waals surface area contributed by atoms with Crippen molar-refractivity contribution in [2.75, 3.05) is 39.6 Å². The summed E-state index contributed by atoms with van der Waals surface area (Å²) in [5.74, 6) is 1.05. The summed E-state index contributed by atoms with van der Waals surface area (Å²) < 4.78 is 68.8. The fraction of sp³-hybridized carbons (Fsp3) is 0.952. The Hall–Kier alpha value is -1.94. The van der Waals surface area contributed by atoms with E-state index >= 15 is 0 Å². The van der Waals surface area contributed by atoms with E-state index in [2.05, 4.69) is 55.4 Å². The Kier molecular flexibility index (Phi) is 70.6. The molecule has 0 saturated carbocycles. The molecule has 0 radical (unpaired) electrons. The molecule has 0 amide bonds. The fourth-order valence-corrected chi connectivity index (χ4v) is 14.3. The maximum atomic E-state index is 13.1. The first-order valence-corrected chi connectivity index (χ1v) is 45.8. The van der Waals surface area contributed by atoms with Crippen LogP contribution in [0.3, 0.4) is 0 Å². The SMILES string of the molecule is CCC(C)CCCCCCCCCCC(=O)OC[C@H](COP(=O)(O)OC[C@H](O)COP(=O)(O)OC[C@@H](COC(=O)CCCCCCCCCCCCCCCCC(C)C)OC(=O)CCCCCCCCCCCCCCCCCCCCC(C)C)OC(=O)CCCCCCCCCCC(C)CC. The zero-order chi connectivity index (χ0) is 75.3. The molecule has 19 heteroatoms. The minimum Gasteiger partial charge on any atom is -0.462 e. The molecule has 0 aliphatic carbocycles. The van der Waals surface area contributed by atoms with Gasteiger partial charge in [-0.05, 0) is 49.4 Å². The molecule has 0 heterocycles. The second-order valence-electron chi connectivity index (χ2n) is 31.3. The zero-order valence-electron chi connectivity index (χ0n) is 67.2. The Morgan fingerprint density at radius 3 is 0.696 bits per heavy atom. The summed E-state index contributed by atoms with van der Waals surface area (Å²) in [5.41, 5.74) is 0. The number of unbranched alkanes of at least 4 members (excludes halogenated alkanes) is 44. The van der Waals surface area contributed by atoms with Gasteiger partial charge in [0.2, 0.25) is 0 Å². The maximum Gasteiger partial charge on any atom is 0.472 e. The second kappa shape index (κ2) is 72.0. The lowest BCUT2D eigenvalue weighted by molar-refractivity contribution is -0.161. The number of phosphoric ester groups is 2. The number of aliphatic hydroxyl groups excluding tert-OH is 1. The van der Waals surface area contributed by atoms with Crippen LogP contribution in [0.15, 0.2) is 0 Å². The van der Waals surface area contributed by atoms with Gasteiger partial charge in [-0.15, -0.1) is 0 Å². The van der Waals surface area contributed by atoms with E-state index in [-0.39, 0.29) is 25.7 Å². The number of carbonyl (C=O) groups excluding carboxylic acids is 4. The van der Waals surface area contributed by atoms with Gasteiger partial charge in [0.15, 0.2) is 12.2 Å². The van der Waals surface area contributed by atoms with Crippen LogP contribution in [0.1, 0.15) is 428 Å². The Labute approximate surface area is 626 Å². The smallest absolute Gasteiger partial charge is 0.462 e. The molecular weight excluding hydrogens is 1330 g/mol. The number of rotatable bonds is 80. The predicted molar refractivity (Wildman–Crippen MR) is 418 cm³/mol. The molecule has 0 rings (SSSR count). The molecule has 102 heavy (non-hydrogen) atoms. The van der Waals surface area contributed by atoms with Gasteiger partial charge in [-0.2, -0.15) is 0 Å². The van der Waals surface area contributed by atoms with Gasteiger partial charge in [0.05, 0.1) is 26.4 Å². The van der Waals surface area contributed by atoms with Crippen molar-refractivity contribution in [1.29, 1.82) is 0 Å². The molecule has 7 atom stereocenters. The highest BCUT2D eigenvalue weighted by Crippen LogP contribution is 2.45. The molecule has 4 unspecified atom stereocenters. The van der Waals surface area contributed by atoms with E-state index in [4.69, 9.17) is 37.0 Å². The normalized spacial score (nSPS) is 14.5. The van der Waals surface area contributed by atoms with Gasteiger partial charge in [0.25, 0.3) is 0 Å². The quantitative estimate of drug-likeness (QED) is 0.0222. The van der Waals surface area contributed by atoms with E-state index in [9.17, 15) is 43.2 Å². The number of hydrogen-bond acceptors (Lipinski definition) is 15. The largest absolute Gasteiger partial charge is 0.472 e. The topological polar surface area (TPSA) is 237 Å². The van der Waals surface area contributed by atoms with Crippen LogP contribution in [0, 0.1) is 23.7 Å². The van der Waals surface area contributed by atoms with Gasteiger partial charge in [-0.1, -0.05) is 376 Å². The number of carbonyl (C=O) groups is 4. The third-order valence-corrected chi connectivity index (χ3v) is 21.9. The van der Waals surface area contributed by atoms with Crippen LogP contribution in [0.5, 0.6) is 0 Å². The third-order valence-electron chi connectivity index (χ3n) is 20.0. The highest BCUT2D eigenvalue weighted by atomic mass is 31.2. The number of ether oxygens (including phenoxy) is 4. The molecule has 0 aliphatic rings. The molecule has 0 spiro atoms. The number of aliphatic hydroxyl groups is 1. The lowest BCUT2D eigenvalue weighted by Gasteiger charge is -2.21. The average molecular weight is 1490 g/mol. The van der Waals surface area contributed by atoms with Gasteiger partial charge in [-0.3, -0.25) is 37.3 Å². The van der Waals surface area contributed by atoms with Crippen LogP contribution in [-0.4, -0.2) is 96.7 Å². The second-order valence-corrected chi connectivity index (χ2v) is 34.2. The highest BCUT2D eigenvalue weighted by Gasteiger charge is 2.30. The Balaban J connectivity index is 5.24. The maximum absolute atomic E-state index is 13.1. The Morgan fingerprint density at radius 1 is 0.275 bits per heavy atom. The van der Waals surface area contributed by atoms with E-state index in [1.807, 2.05) is 0 Å². The van der Waals surface area contributed by atoms with Crippen molar-refractivity contribution in [3.63, 3.8) is 0 Å². The van der Waals surface area contributed by atoms with Gasteiger partial charge in [0.1, 0.15) is 19.3 Å². The van der Waals surface area contributed by atoms with Crippen LogP contribution < -0.4 is 0 Å². The van der Waals surface area contributed by atoms with E-state index in [0.717, 1.165) is 114 Å². The third kappa shape index (κ3) is 73.6. The number of esters is 4. The monoisotopic (exact) mass is 1490 g/mol. The van der Waals surface area contributed by atoms with Crippen molar-refractivity contribution < 1.29 is 80.2 Å². The molecule has 0 aromatic rings. The lowest BCUT2D eigenvalue weighted by atomic mass is 9.99. The minimum absolute atomic E-state index is 0.104. The first-order chi connectivity index (χ1) is 49.2. The first-order valence-electron chi connectivity index (χ1n) is 42.8. The summed E-state index contributed by atoms with van der Waals surface area (Å²) in [4.78, 5) is 73.1. The van der Waals surface area contributed by atoms with E-state index < -0.39 is 97.5 Å². The molecule has 0 saturated heterocycles. The van der Waals surface area contributed by atoms with Crippen molar-refractivity contribution in [2.45, 2.75) is 446 Å². The van der Waals surface area contributed by atoms with Crippen LogP contribution >= 0.6 is 15.6 Å². The molecule has 0 aromatic carbocycles. The molecule has 17 nitrogen and oxygen atoms in total. The van der Waals surface area contributed by atoms with Gasteiger partial charge in [0, 0.05) is 25.7 Å². The summed E-state index contributed by atoms with van der Waals surface area (Å²) in [6.07, 6.45) is 59.6. The van der Waals surface area contributed by atoms with Crippen molar-refractivity contribution in [1.82, 2.24) is 0 Å². The van der Waals surface area contributed by atoms with Crippen LogP contribution in [0.4, 0.5) is 0 Å². The summed E-state index contributed by atoms with van der Waals surface area (Å²) >= 11 is 0. The molecule has 606 valence electrons. The molecule has 0 aliphatic heterocycles. The molecule has 3 N–H and O–H groups in total. The van der Waals surface area contributed by atoms with Crippen molar-refractivity contribution >= 4 is 39.5 Å². The molecule has 0 aromatic heterocycles. The highest BCUT2D eigenvalue weighted by molar-refractivity contribution is 7.47. The molecule has 0 bridgehead atoms. The van der Waals surface area contributed by atoms with Gasteiger partial charge >= 0.3 is 39.5 Å². The van der Waals surface area contributed by atoms with Crippen LogP contribution in [0.25, 0.3) is 0 Å². The minimum atomic E-state index is -4.96. The summed E-state index contributed by atoms with van der Waals surface area (Å²) in [5, 5.41) is 10.7. The van der Waals surface area contributed by atoms with E-state index in [1.54, 1.807) is 0 Å². The van der Waals surface area contributed by atoms with Crippen LogP contribution in [-0.2, 0) is 65.4 Å². The predicted octanol–water partition coefficient (Wildman–Crippen LogP) is 24.8. The summed E-state index contributed by atoms with van der Waals surface area (Å²) in [7, 11) is -9.93. The van der Waals surface area contributed by atoms with Gasteiger partial charge in [-0.25, -0.2) is 9.13 Å². The van der Waals surface area contributed by atoms with E-state index in [1.165, 1.54) is 231 Å². The summed E-state index contributed by atoms with van der Waals surface area (Å²) in [6.45, 7) is 14.3. The van der Waals surface area contributed by atoms with Crippen LogP contribution in [0.2, 0.25) is 0 Å². The summed E-state index contributed by atoms with van der Waals surface area (Å²) in [6, 6.07) is 0. The molecule has 0 fully saturated rings. The molecular formula is C83H162O17P2. The van der Waals surface area contributed by atoms with Crippen molar-refractivity contribution in [3.8, 4) is 0 Å².